The quantitative estimate of drug-likeness (QED) is 0.419. The van der Waals surface area contributed by atoms with E-state index in [1.807, 2.05) is 13.8 Å². The average molecular weight is 452 g/mol. The second-order valence-electron chi connectivity index (χ2n) is 8.53. The van der Waals surface area contributed by atoms with E-state index in [-0.39, 0.29) is 23.6 Å². The van der Waals surface area contributed by atoms with Crippen molar-refractivity contribution in [3.05, 3.63) is 48.3 Å². The molecular formula is C23H25FN6O3. The van der Waals surface area contributed by atoms with Gasteiger partial charge in [-0.1, -0.05) is 19.0 Å². The van der Waals surface area contributed by atoms with Crippen LogP contribution in [0.2, 0.25) is 0 Å². The lowest BCUT2D eigenvalue weighted by Gasteiger charge is -2.26. The third-order valence-electron chi connectivity index (χ3n) is 5.99. The molecule has 0 radical (unpaired) electrons. The Labute approximate surface area is 189 Å². The molecule has 1 aliphatic carbocycles. The van der Waals surface area contributed by atoms with Crippen LogP contribution in [-0.2, 0) is 0 Å². The summed E-state index contributed by atoms with van der Waals surface area (Å²) in [6.45, 7) is 4.10. The Balaban J connectivity index is 1.31. The van der Waals surface area contributed by atoms with Gasteiger partial charge in [0.1, 0.15) is 29.3 Å². The lowest BCUT2D eigenvalue weighted by Crippen LogP contribution is -2.24. The van der Waals surface area contributed by atoms with Crippen LogP contribution in [0.4, 0.5) is 4.39 Å². The monoisotopic (exact) mass is 452 g/mol. The SMILES string of the molecule is COc1ccc(-n2ncc3c(OC4CCC(c5nc(C(C)C)no5)CC4)ncnc32)c(F)c1. The van der Waals surface area contributed by atoms with Crippen LogP contribution in [0.1, 0.15) is 63.1 Å². The van der Waals surface area contributed by atoms with Crippen molar-refractivity contribution >= 4 is 11.0 Å². The van der Waals surface area contributed by atoms with E-state index in [1.54, 1.807) is 18.3 Å². The molecule has 0 N–H and O–H groups in total. The van der Waals surface area contributed by atoms with Gasteiger partial charge < -0.3 is 14.0 Å². The van der Waals surface area contributed by atoms with Gasteiger partial charge in [-0.25, -0.2) is 19.0 Å². The molecule has 33 heavy (non-hydrogen) atoms. The molecule has 0 atom stereocenters. The lowest BCUT2D eigenvalue weighted by molar-refractivity contribution is 0.135. The van der Waals surface area contributed by atoms with Crippen molar-refractivity contribution in [2.75, 3.05) is 7.11 Å². The summed E-state index contributed by atoms with van der Waals surface area (Å²) in [5.74, 6) is 2.37. The summed E-state index contributed by atoms with van der Waals surface area (Å²) >= 11 is 0. The summed E-state index contributed by atoms with van der Waals surface area (Å²) in [6, 6.07) is 4.59. The number of benzene rings is 1. The van der Waals surface area contributed by atoms with Gasteiger partial charge in [-0.15, -0.1) is 0 Å². The highest BCUT2D eigenvalue weighted by molar-refractivity contribution is 5.81. The fourth-order valence-electron chi connectivity index (χ4n) is 4.11. The molecule has 0 aliphatic heterocycles. The predicted molar refractivity (Wildman–Crippen MR) is 117 cm³/mol. The number of fused-ring (bicyclic) bond motifs is 1. The summed E-state index contributed by atoms with van der Waals surface area (Å²) in [6.07, 6.45) is 6.51. The van der Waals surface area contributed by atoms with Gasteiger partial charge in [0.25, 0.3) is 0 Å². The van der Waals surface area contributed by atoms with Crippen molar-refractivity contribution in [3.63, 3.8) is 0 Å². The highest BCUT2D eigenvalue weighted by atomic mass is 19.1. The molecule has 0 amide bonds. The maximum atomic E-state index is 14.6. The molecule has 3 heterocycles. The second kappa shape index (κ2) is 8.76. The molecule has 172 valence electrons. The number of aromatic nitrogens is 6. The number of rotatable bonds is 6. The third kappa shape index (κ3) is 4.12. The summed E-state index contributed by atoms with van der Waals surface area (Å²) in [5.41, 5.74) is 0.751. The summed E-state index contributed by atoms with van der Waals surface area (Å²) in [4.78, 5) is 13.2. The Morgan fingerprint density at radius 2 is 1.97 bits per heavy atom. The lowest BCUT2D eigenvalue weighted by atomic mass is 9.87. The van der Waals surface area contributed by atoms with Gasteiger partial charge in [-0.05, 0) is 37.8 Å². The maximum Gasteiger partial charge on any atom is 0.229 e. The van der Waals surface area contributed by atoms with Crippen molar-refractivity contribution in [3.8, 4) is 17.3 Å². The van der Waals surface area contributed by atoms with Crippen LogP contribution in [-0.4, -0.2) is 43.1 Å². The number of halogens is 1. The zero-order valence-corrected chi connectivity index (χ0v) is 18.7. The van der Waals surface area contributed by atoms with E-state index in [2.05, 4.69) is 25.2 Å². The van der Waals surface area contributed by atoms with Gasteiger partial charge in [-0.3, -0.25) is 0 Å². The van der Waals surface area contributed by atoms with Gasteiger partial charge >= 0.3 is 0 Å². The van der Waals surface area contributed by atoms with E-state index in [1.165, 1.54) is 24.2 Å². The van der Waals surface area contributed by atoms with Crippen molar-refractivity contribution < 1.29 is 18.4 Å². The van der Waals surface area contributed by atoms with Gasteiger partial charge in [0.2, 0.25) is 11.8 Å². The summed E-state index contributed by atoms with van der Waals surface area (Å²) < 4.78 is 32.8. The molecule has 1 aliphatic rings. The van der Waals surface area contributed by atoms with E-state index < -0.39 is 5.82 Å². The van der Waals surface area contributed by atoms with E-state index in [9.17, 15) is 4.39 Å². The predicted octanol–water partition coefficient (Wildman–Crippen LogP) is 4.57. The Kier molecular flexibility index (Phi) is 5.65. The molecule has 4 aromatic rings. The van der Waals surface area contributed by atoms with E-state index in [4.69, 9.17) is 14.0 Å². The highest BCUT2D eigenvalue weighted by Gasteiger charge is 2.28. The molecule has 9 nitrogen and oxygen atoms in total. The van der Waals surface area contributed by atoms with Crippen LogP contribution in [0.5, 0.6) is 11.6 Å². The third-order valence-corrected chi connectivity index (χ3v) is 5.99. The zero-order chi connectivity index (χ0) is 22.9. The van der Waals surface area contributed by atoms with Crippen LogP contribution in [0.25, 0.3) is 16.7 Å². The van der Waals surface area contributed by atoms with Crippen molar-refractivity contribution in [2.45, 2.75) is 57.5 Å². The first-order valence-corrected chi connectivity index (χ1v) is 11.1. The van der Waals surface area contributed by atoms with E-state index >= 15 is 0 Å². The van der Waals surface area contributed by atoms with E-state index in [0.29, 0.717) is 28.6 Å². The minimum atomic E-state index is -0.458. The minimum absolute atomic E-state index is 0.00733. The summed E-state index contributed by atoms with van der Waals surface area (Å²) in [7, 11) is 1.49. The number of hydrogen-bond acceptors (Lipinski definition) is 8. The average Bonchev–Trinajstić information content (AvgIpc) is 3.48. The molecule has 1 fully saturated rings. The number of methoxy groups -OCH3 is 1. The summed E-state index contributed by atoms with van der Waals surface area (Å²) in [5, 5.41) is 9.04. The normalized spacial score (nSPS) is 18.7. The first-order chi connectivity index (χ1) is 16.0. The van der Waals surface area contributed by atoms with Gasteiger partial charge in [0.05, 0.1) is 13.3 Å². The molecule has 0 bridgehead atoms. The van der Waals surface area contributed by atoms with Crippen LogP contribution in [0.15, 0.2) is 35.2 Å². The number of hydrogen-bond donors (Lipinski definition) is 0. The topological polar surface area (TPSA) is 101 Å². The van der Waals surface area contributed by atoms with Gasteiger partial charge in [0.15, 0.2) is 17.3 Å². The van der Waals surface area contributed by atoms with Crippen LogP contribution in [0.3, 0.4) is 0 Å². The molecule has 1 aromatic carbocycles. The van der Waals surface area contributed by atoms with Crippen molar-refractivity contribution in [2.24, 2.45) is 0 Å². The van der Waals surface area contributed by atoms with Gasteiger partial charge in [-0.2, -0.15) is 10.1 Å². The Morgan fingerprint density at radius 1 is 1.15 bits per heavy atom. The molecule has 5 rings (SSSR count). The minimum Gasteiger partial charge on any atom is -0.497 e. The smallest absolute Gasteiger partial charge is 0.229 e. The highest BCUT2D eigenvalue weighted by Crippen LogP contribution is 2.35. The fraction of sp³-hybridized carbons (Fsp3) is 0.435. The fourth-order valence-corrected chi connectivity index (χ4v) is 4.11. The first-order valence-electron chi connectivity index (χ1n) is 11.1. The number of nitrogens with zero attached hydrogens (tertiary/aromatic N) is 6. The molecular weight excluding hydrogens is 427 g/mol. The molecule has 0 unspecified atom stereocenters. The molecule has 1 saturated carbocycles. The molecule has 0 spiro atoms. The van der Waals surface area contributed by atoms with Crippen LogP contribution >= 0.6 is 0 Å². The maximum absolute atomic E-state index is 14.6. The largest absolute Gasteiger partial charge is 0.497 e. The van der Waals surface area contributed by atoms with Crippen LogP contribution < -0.4 is 9.47 Å². The number of ether oxygens (including phenoxy) is 2. The van der Waals surface area contributed by atoms with Crippen LogP contribution in [0, 0.1) is 5.82 Å². The Morgan fingerprint density at radius 3 is 2.67 bits per heavy atom. The van der Waals surface area contributed by atoms with Gasteiger partial charge in [0, 0.05) is 17.9 Å². The first kappa shape index (κ1) is 21.3. The standard InChI is InChI=1S/C23H25FN6O3/c1-13(2)20-28-22(33-29-20)14-4-6-15(7-5-14)32-23-17-11-27-30(21(17)25-12-26-23)19-9-8-16(31-3)10-18(19)24/h8-15H,4-7H2,1-3H3. The Bertz CT molecular complexity index is 1260. The zero-order valence-electron chi connectivity index (χ0n) is 18.7. The Hall–Kier alpha value is -3.56. The van der Waals surface area contributed by atoms with E-state index in [0.717, 1.165) is 31.5 Å². The molecule has 10 heteroatoms. The van der Waals surface area contributed by atoms with Crippen molar-refractivity contribution in [1.29, 1.82) is 0 Å². The molecule has 0 saturated heterocycles. The second-order valence-corrected chi connectivity index (χ2v) is 8.53. The molecule has 3 aromatic heterocycles. The van der Waals surface area contributed by atoms with Crippen molar-refractivity contribution in [1.82, 2.24) is 29.9 Å².